The molecule has 158 valence electrons. The summed E-state index contributed by atoms with van der Waals surface area (Å²) in [5, 5.41) is 11.6. The summed E-state index contributed by atoms with van der Waals surface area (Å²) in [6, 6.07) is 21.0. The zero-order chi connectivity index (χ0) is 22.2. The van der Waals surface area contributed by atoms with Crippen molar-refractivity contribution in [3.8, 4) is 0 Å². The van der Waals surface area contributed by atoms with Gasteiger partial charge in [0.1, 0.15) is 0 Å². The molecule has 3 aromatic carbocycles. The predicted molar refractivity (Wildman–Crippen MR) is 125 cm³/mol. The summed E-state index contributed by atoms with van der Waals surface area (Å²) in [7, 11) is 0. The Labute approximate surface area is 190 Å². The maximum Gasteiger partial charge on any atom is 0.264 e. The number of ketones is 1. The normalized spacial score (nSPS) is 17.7. The number of carbonyl (C=O) groups is 2. The highest BCUT2D eigenvalue weighted by molar-refractivity contribution is 9.10. The van der Waals surface area contributed by atoms with E-state index in [0.717, 1.165) is 21.2 Å². The van der Waals surface area contributed by atoms with E-state index < -0.39 is 11.5 Å². The van der Waals surface area contributed by atoms with Crippen LogP contribution >= 0.6 is 15.9 Å². The van der Waals surface area contributed by atoms with Crippen LogP contribution in [0, 0.1) is 13.8 Å². The maximum absolute atomic E-state index is 13.4. The molecule has 0 unspecified atom stereocenters. The summed E-state index contributed by atoms with van der Waals surface area (Å²) in [5.41, 5.74) is 2.69. The Morgan fingerprint density at radius 3 is 2.52 bits per heavy atom. The number of anilines is 1. The molecule has 1 N–H and O–H groups in total. The number of rotatable bonds is 6. The van der Waals surface area contributed by atoms with E-state index in [1.165, 1.54) is 0 Å². The summed E-state index contributed by atoms with van der Waals surface area (Å²) in [4.78, 5) is 28.2. The molecule has 3 aromatic rings. The minimum atomic E-state index is -1.89. The van der Waals surface area contributed by atoms with Gasteiger partial charge in [0.25, 0.3) is 5.91 Å². The quantitative estimate of drug-likeness (QED) is 0.501. The van der Waals surface area contributed by atoms with Crippen molar-refractivity contribution in [2.75, 3.05) is 11.4 Å². The molecule has 1 aliphatic heterocycles. The number of benzene rings is 3. The monoisotopic (exact) mass is 477 g/mol. The van der Waals surface area contributed by atoms with Crippen molar-refractivity contribution in [1.82, 2.24) is 0 Å². The first kappa shape index (κ1) is 21.5. The number of aryl methyl sites for hydroxylation is 2. The number of carbonyl (C=O) groups excluding carboxylic acids is 2. The Balaban J connectivity index is 1.67. The predicted octanol–water partition coefficient (Wildman–Crippen LogP) is 5.12. The highest BCUT2D eigenvalue weighted by Gasteiger charge is 2.51. The minimum absolute atomic E-state index is 0.243. The topological polar surface area (TPSA) is 57.6 Å². The minimum Gasteiger partial charge on any atom is -0.375 e. The second-order valence-corrected chi connectivity index (χ2v) is 9.05. The Bertz CT molecular complexity index is 1160. The molecular formula is C26H24BrNO3. The molecule has 4 nitrogen and oxygen atoms in total. The Kier molecular flexibility index (Phi) is 5.82. The van der Waals surface area contributed by atoms with Gasteiger partial charge in [-0.1, -0.05) is 64.0 Å². The molecule has 1 aliphatic rings. The van der Waals surface area contributed by atoms with E-state index in [1.807, 2.05) is 74.5 Å². The smallest absolute Gasteiger partial charge is 0.264 e. The first-order valence-electron chi connectivity index (χ1n) is 10.3. The summed E-state index contributed by atoms with van der Waals surface area (Å²) in [6.45, 7) is 4.21. The average Bonchev–Trinajstić information content (AvgIpc) is 2.95. The fourth-order valence-corrected chi connectivity index (χ4v) is 4.53. The van der Waals surface area contributed by atoms with Gasteiger partial charge in [0.2, 0.25) is 0 Å². The van der Waals surface area contributed by atoms with Crippen molar-refractivity contribution in [3.05, 3.63) is 99.0 Å². The lowest BCUT2D eigenvalue weighted by Crippen LogP contribution is -2.42. The van der Waals surface area contributed by atoms with E-state index in [-0.39, 0.29) is 12.2 Å². The van der Waals surface area contributed by atoms with E-state index in [1.54, 1.807) is 11.0 Å². The number of aliphatic hydroxyl groups is 1. The Morgan fingerprint density at radius 2 is 1.77 bits per heavy atom. The van der Waals surface area contributed by atoms with E-state index >= 15 is 0 Å². The summed E-state index contributed by atoms with van der Waals surface area (Å²) in [6.07, 6.45) is 0.366. The first-order valence-corrected chi connectivity index (χ1v) is 11.1. The fraction of sp³-hybridized carbons (Fsp3) is 0.231. The fourth-order valence-electron chi connectivity index (χ4n) is 4.17. The average molecular weight is 478 g/mol. The first-order chi connectivity index (χ1) is 14.8. The van der Waals surface area contributed by atoms with E-state index in [0.29, 0.717) is 29.8 Å². The molecule has 0 fully saturated rings. The Morgan fingerprint density at radius 1 is 1.03 bits per heavy atom. The number of halogens is 1. The van der Waals surface area contributed by atoms with Crippen LogP contribution in [-0.4, -0.2) is 23.3 Å². The molecule has 0 saturated carbocycles. The van der Waals surface area contributed by atoms with Crippen LogP contribution in [0.4, 0.5) is 5.69 Å². The van der Waals surface area contributed by atoms with Gasteiger partial charge in [0, 0.05) is 22.1 Å². The summed E-state index contributed by atoms with van der Waals surface area (Å²) in [5.74, 6) is -0.692. The van der Waals surface area contributed by atoms with Crippen LogP contribution < -0.4 is 4.90 Å². The molecule has 0 aromatic heterocycles. The molecule has 1 amide bonds. The van der Waals surface area contributed by atoms with Crippen LogP contribution in [0.25, 0.3) is 0 Å². The highest BCUT2D eigenvalue weighted by Crippen LogP contribution is 2.44. The van der Waals surface area contributed by atoms with Crippen LogP contribution in [0.2, 0.25) is 0 Å². The number of hydrogen-bond donors (Lipinski definition) is 1. The lowest BCUT2D eigenvalue weighted by atomic mass is 9.87. The van der Waals surface area contributed by atoms with E-state index in [4.69, 9.17) is 0 Å². The molecule has 0 saturated heterocycles. The SMILES string of the molecule is Cc1ccc(C)c(C(=O)C[C@]2(O)C(=O)N(CCc3ccccc3)c3ccc(Br)cc32)c1. The molecule has 0 spiro atoms. The maximum atomic E-state index is 13.4. The van der Waals surface area contributed by atoms with Gasteiger partial charge in [-0.05, 0) is 55.7 Å². The van der Waals surface area contributed by atoms with Crippen LogP contribution in [0.15, 0.2) is 71.2 Å². The number of amides is 1. The van der Waals surface area contributed by atoms with Gasteiger partial charge < -0.3 is 10.0 Å². The van der Waals surface area contributed by atoms with E-state index in [2.05, 4.69) is 15.9 Å². The van der Waals surface area contributed by atoms with Gasteiger partial charge in [0.15, 0.2) is 11.4 Å². The van der Waals surface area contributed by atoms with Crippen LogP contribution in [0.5, 0.6) is 0 Å². The molecule has 0 bridgehead atoms. The molecule has 0 radical (unpaired) electrons. The number of nitrogens with zero attached hydrogens (tertiary/aromatic N) is 1. The molecular weight excluding hydrogens is 454 g/mol. The van der Waals surface area contributed by atoms with Gasteiger partial charge in [-0.15, -0.1) is 0 Å². The third kappa shape index (κ3) is 4.08. The van der Waals surface area contributed by atoms with Gasteiger partial charge in [-0.2, -0.15) is 0 Å². The van der Waals surface area contributed by atoms with Crippen molar-refractivity contribution in [3.63, 3.8) is 0 Å². The third-order valence-electron chi connectivity index (χ3n) is 5.87. The number of fused-ring (bicyclic) bond motifs is 1. The molecule has 0 aliphatic carbocycles. The largest absolute Gasteiger partial charge is 0.375 e. The lowest BCUT2D eigenvalue weighted by molar-refractivity contribution is -0.135. The van der Waals surface area contributed by atoms with Crippen molar-refractivity contribution in [2.45, 2.75) is 32.3 Å². The van der Waals surface area contributed by atoms with Crippen LogP contribution in [-0.2, 0) is 16.8 Å². The third-order valence-corrected chi connectivity index (χ3v) is 6.36. The zero-order valence-electron chi connectivity index (χ0n) is 17.6. The standard InChI is InChI=1S/C26H24BrNO3/c1-17-8-9-18(2)21(14-17)24(29)16-26(31)22-15-20(27)10-11-23(22)28(25(26)30)13-12-19-6-4-3-5-7-19/h3-11,14-15,31H,12-13,16H2,1-2H3/t26-/m1/s1. The van der Waals surface area contributed by atoms with Crippen LogP contribution in [0.1, 0.15) is 39.0 Å². The second kappa shape index (κ2) is 8.40. The van der Waals surface area contributed by atoms with Crippen molar-refractivity contribution < 1.29 is 14.7 Å². The highest BCUT2D eigenvalue weighted by atomic mass is 79.9. The van der Waals surface area contributed by atoms with Crippen LogP contribution in [0.3, 0.4) is 0 Å². The zero-order valence-corrected chi connectivity index (χ0v) is 19.1. The van der Waals surface area contributed by atoms with Crippen molar-refractivity contribution in [2.24, 2.45) is 0 Å². The lowest BCUT2D eigenvalue weighted by Gasteiger charge is -2.23. The molecule has 1 atom stereocenters. The van der Waals surface area contributed by atoms with Crippen molar-refractivity contribution in [1.29, 1.82) is 0 Å². The summed E-state index contributed by atoms with van der Waals surface area (Å²) < 4.78 is 0.751. The Hall–Kier alpha value is -2.76. The molecule has 4 rings (SSSR count). The van der Waals surface area contributed by atoms with Crippen molar-refractivity contribution >= 4 is 33.3 Å². The number of hydrogen-bond acceptors (Lipinski definition) is 3. The second-order valence-electron chi connectivity index (χ2n) is 8.13. The molecule has 5 heteroatoms. The number of Topliss-reactive ketones (excluding diaryl/α,β-unsaturated/α-hetero) is 1. The van der Waals surface area contributed by atoms with Gasteiger partial charge in [-0.25, -0.2) is 0 Å². The van der Waals surface area contributed by atoms with Gasteiger partial charge in [0.05, 0.1) is 12.1 Å². The molecule has 31 heavy (non-hydrogen) atoms. The van der Waals surface area contributed by atoms with Gasteiger partial charge >= 0.3 is 0 Å². The van der Waals surface area contributed by atoms with E-state index in [9.17, 15) is 14.7 Å². The van der Waals surface area contributed by atoms with Gasteiger partial charge in [-0.3, -0.25) is 9.59 Å². The summed E-state index contributed by atoms with van der Waals surface area (Å²) >= 11 is 3.44. The molecule has 1 heterocycles.